The minimum Gasteiger partial charge on any atom is -0.300 e. The normalized spacial score (nSPS) is 12.4. The van der Waals surface area contributed by atoms with E-state index in [4.69, 9.17) is 0 Å². The first-order chi connectivity index (χ1) is 11.5. The van der Waals surface area contributed by atoms with Crippen molar-refractivity contribution in [2.45, 2.75) is 118 Å². The van der Waals surface area contributed by atoms with Crippen molar-refractivity contribution in [1.29, 1.82) is 0 Å². The second-order valence-electron chi connectivity index (χ2n) is 7.51. The lowest BCUT2D eigenvalue weighted by molar-refractivity contribution is -0.255. The molecule has 0 saturated heterocycles. The quantitative estimate of drug-likeness (QED) is 0.254. The molecule has 0 aliphatic carbocycles. The first kappa shape index (κ1) is 23.4. The topological polar surface area (TPSA) is 46.5 Å². The van der Waals surface area contributed by atoms with E-state index in [1.54, 1.807) is 0 Å². The molecule has 0 aromatic rings. The fourth-order valence-corrected chi connectivity index (χ4v) is 4.45. The lowest BCUT2D eigenvalue weighted by atomic mass is 9.54. The molecule has 0 aliphatic rings. The molecule has 0 amide bonds. The maximum absolute atomic E-state index is 12.9. The SMILES string of the molecule is CCCCC(CC)(CCCC)C(CCCC)(CCCC)C(=O)OO. The van der Waals surface area contributed by atoms with Gasteiger partial charge >= 0.3 is 5.97 Å². The van der Waals surface area contributed by atoms with Crippen molar-refractivity contribution in [3.8, 4) is 0 Å². The Labute approximate surface area is 150 Å². The van der Waals surface area contributed by atoms with Gasteiger partial charge in [0.15, 0.2) is 0 Å². The molecule has 0 fully saturated rings. The highest BCUT2D eigenvalue weighted by molar-refractivity contribution is 5.77. The minimum absolute atomic E-state index is 0.0524. The summed E-state index contributed by atoms with van der Waals surface area (Å²) in [6, 6.07) is 0. The Morgan fingerprint density at radius 3 is 1.42 bits per heavy atom. The number of carbonyl (C=O) groups excluding carboxylic acids is 1. The van der Waals surface area contributed by atoms with Crippen LogP contribution in [-0.4, -0.2) is 11.2 Å². The van der Waals surface area contributed by atoms with Crippen LogP contribution in [0.4, 0.5) is 0 Å². The van der Waals surface area contributed by atoms with Crippen LogP contribution in [0, 0.1) is 10.8 Å². The first-order valence-electron chi connectivity index (χ1n) is 10.4. The van der Waals surface area contributed by atoms with Gasteiger partial charge in [-0.1, -0.05) is 86.0 Å². The average Bonchev–Trinajstić information content (AvgIpc) is 2.62. The van der Waals surface area contributed by atoms with Gasteiger partial charge in [-0.05, 0) is 37.5 Å². The average molecular weight is 343 g/mol. The molecule has 0 aliphatic heterocycles. The number of hydrogen-bond donors (Lipinski definition) is 1. The van der Waals surface area contributed by atoms with Gasteiger partial charge in [-0.15, -0.1) is 0 Å². The Bertz CT molecular complexity index is 309. The van der Waals surface area contributed by atoms with E-state index in [1.807, 2.05) is 0 Å². The molecule has 1 N–H and O–H groups in total. The molecule has 0 rings (SSSR count). The number of rotatable bonds is 15. The summed E-state index contributed by atoms with van der Waals surface area (Å²) < 4.78 is 0. The van der Waals surface area contributed by atoms with Crippen LogP contribution < -0.4 is 0 Å². The predicted molar refractivity (Wildman–Crippen MR) is 102 cm³/mol. The zero-order valence-corrected chi connectivity index (χ0v) is 17.0. The Morgan fingerprint density at radius 1 is 0.750 bits per heavy atom. The van der Waals surface area contributed by atoms with Gasteiger partial charge in [-0.3, -0.25) is 0 Å². The van der Waals surface area contributed by atoms with Gasteiger partial charge in [0.25, 0.3) is 0 Å². The van der Waals surface area contributed by atoms with Crippen LogP contribution in [0.2, 0.25) is 0 Å². The van der Waals surface area contributed by atoms with Crippen LogP contribution in [0.1, 0.15) is 118 Å². The summed E-state index contributed by atoms with van der Waals surface area (Å²) in [6.45, 7) is 11.0. The van der Waals surface area contributed by atoms with Gasteiger partial charge in [0.2, 0.25) is 0 Å². The van der Waals surface area contributed by atoms with Gasteiger partial charge < -0.3 is 4.89 Å². The molecule has 3 heteroatoms. The third kappa shape index (κ3) is 5.75. The van der Waals surface area contributed by atoms with E-state index in [0.717, 1.165) is 83.5 Å². The van der Waals surface area contributed by atoms with Gasteiger partial charge in [-0.2, -0.15) is 5.26 Å². The molecule has 0 bridgehead atoms. The van der Waals surface area contributed by atoms with Crippen molar-refractivity contribution in [1.82, 2.24) is 0 Å². The Hall–Kier alpha value is -0.570. The van der Waals surface area contributed by atoms with Crippen LogP contribution in [-0.2, 0) is 9.68 Å². The van der Waals surface area contributed by atoms with E-state index in [-0.39, 0.29) is 11.4 Å². The Balaban J connectivity index is 5.98. The van der Waals surface area contributed by atoms with Crippen molar-refractivity contribution in [3.05, 3.63) is 0 Å². The number of unbranched alkanes of at least 4 members (excludes halogenated alkanes) is 4. The van der Waals surface area contributed by atoms with Crippen molar-refractivity contribution in [3.63, 3.8) is 0 Å². The second kappa shape index (κ2) is 12.7. The van der Waals surface area contributed by atoms with E-state index in [0.29, 0.717) is 0 Å². The molecule has 24 heavy (non-hydrogen) atoms. The summed E-state index contributed by atoms with van der Waals surface area (Å²) in [5.41, 5.74) is -0.587. The third-order valence-electron chi connectivity index (χ3n) is 6.10. The Morgan fingerprint density at radius 2 is 1.12 bits per heavy atom. The third-order valence-corrected chi connectivity index (χ3v) is 6.10. The highest BCUT2D eigenvalue weighted by Crippen LogP contribution is 2.56. The van der Waals surface area contributed by atoms with Gasteiger partial charge in [0, 0.05) is 0 Å². The standard InChI is InChI=1S/C21H42O3/c1-6-11-15-20(10-5,16-12-7-2)21(17-13-8-3,18-14-9-4)19(22)24-23/h23H,6-18H2,1-5H3. The fourth-order valence-electron chi connectivity index (χ4n) is 4.45. The molecule has 3 nitrogen and oxygen atoms in total. The molecular formula is C21H42O3. The lowest BCUT2D eigenvalue weighted by Gasteiger charge is -2.49. The van der Waals surface area contributed by atoms with Crippen LogP contribution >= 0.6 is 0 Å². The molecule has 0 atom stereocenters. The van der Waals surface area contributed by atoms with Crippen LogP contribution in [0.15, 0.2) is 0 Å². The zero-order valence-electron chi connectivity index (χ0n) is 17.0. The first-order valence-corrected chi connectivity index (χ1v) is 10.4. The molecule has 0 aromatic heterocycles. The molecule has 0 aromatic carbocycles. The summed E-state index contributed by atoms with van der Waals surface area (Å²) in [4.78, 5) is 17.3. The van der Waals surface area contributed by atoms with E-state index in [1.165, 1.54) is 0 Å². The van der Waals surface area contributed by atoms with E-state index < -0.39 is 5.41 Å². The van der Waals surface area contributed by atoms with Gasteiger partial charge in [0.1, 0.15) is 0 Å². The maximum atomic E-state index is 12.9. The van der Waals surface area contributed by atoms with Crippen molar-refractivity contribution < 1.29 is 14.9 Å². The van der Waals surface area contributed by atoms with Crippen LogP contribution in [0.25, 0.3) is 0 Å². The molecule has 0 radical (unpaired) electrons. The lowest BCUT2D eigenvalue weighted by Crippen LogP contribution is -2.48. The van der Waals surface area contributed by atoms with Gasteiger partial charge in [0.05, 0.1) is 5.41 Å². The monoisotopic (exact) mass is 342 g/mol. The van der Waals surface area contributed by atoms with E-state index in [2.05, 4.69) is 39.5 Å². The molecule has 0 heterocycles. The van der Waals surface area contributed by atoms with E-state index in [9.17, 15) is 10.1 Å². The summed E-state index contributed by atoms with van der Waals surface area (Å²) >= 11 is 0. The summed E-state index contributed by atoms with van der Waals surface area (Å²) in [6.07, 6.45) is 13.5. The largest absolute Gasteiger partial charge is 0.348 e. The molecule has 0 spiro atoms. The molecule has 144 valence electrons. The minimum atomic E-state index is -0.535. The smallest absolute Gasteiger partial charge is 0.300 e. The predicted octanol–water partition coefficient (Wildman–Crippen LogP) is 7.15. The van der Waals surface area contributed by atoms with Crippen molar-refractivity contribution in [2.24, 2.45) is 10.8 Å². The zero-order chi connectivity index (χ0) is 18.5. The summed E-state index contributed by atoms with van der Waals surface area (Å²) in [7, 11) is 0. The van der Waals surface area contributed by atoms with Gasteiger partial charge in [-0.25, -0.2) is 4.79 Å². The van der Waals surface area contributed by atoms with Crippen LogP contribution in [0.5, 0.6) is 0 Å². The van der Waals surface area contributed by atoms with Crippen LogP contribution in [0.3, 0.4) is 0 Å². The van der Waals surface area contributed by atoms with Crippen molar-refractivity contribution >= 4 is 5.97 Å². The highest BCUT2D eigenvalue weighted by atomic mass is 17.1. The number of carbonyl (C=O) groups is 1. The van der Waals surface area contributed by atoms with Crippen molar-refractivity contribution in [2.75, 3.05) is 0 Å². The van der Waals surface area contributed by atoms with E-state index >= 15 is 0 Å². The molecule has 0 saturated carbocycles. The highest BCUT2D eigenvalue weighted by Gasteiger charge is 2.54. The summed E-state index contributed by atoms with van der Waals surface area (Å²) in [5.74, 6) is -0.376. The number of hydrogen-bond acceptors (Lipinski definition) is 3. The second-order valence-corrected chi connectivity index (χ2v) is 7.51. The molecule has 0 unspecified atom stereocenters. The molecular weight excluding hydrogens is 300 g/mol. The summed E-state index contributed by atoms with van der Waals surface area (Å²) in [5, 5.41) is 9.33. The Kier molecular flexibility index (Phi) is 12.4. The maximum Gasteiger partial charge on any atom is 0.348 e. The fraction of sp³-hybridized carbons (Fsp3) is 0.952.